The number of aromatic nitrogens is 1. The largest absolute Gasteiger partial charge is 0.308 e. The van der Waals surface area contributed by atoms with E-state index in [0.717, 1.165) is 34.1 Å². The van der Waals surface area contributed by atoms with Crippen LogP contribution in [-0.4, -0.2) is 30.1 Å². The average Bonchev–Trinajstić information content (AvgIpc) is 3.10. The van der Waals surface area contributed by atoms with Crippen molar-refractivity contribution in [2.75, 3.05) is 20.6 Å². The number of hydrogen-bond donors (Lipinski definition) is 0. The molecular weight excluding hydrogens is 312 g/mol. The van der Waals surface area contributed by atoms with Gasteiger partial charge in [-0.1, -0.05) is 18.2 Å². The lowest BCUT2D eigenvalue weighted by Gasteiger charge is -2.13. The monoisotopic (exact) mass is 328 g/mol. The van der Waals surface area contributed by atoms with Crippen LogP contribution in [0, 0.1) is 0 Å². The van der Waals surface area contributed by atoms with Gasteiger partial charge in [0.25, 0.3) is 5.56 Å². The van der Waals surface area contributed by atoms with Crippen molar-refractivity contribution in [3.63, 3.8) is 0 Å². The Balaban J connectivity index is 2.13. The van der Waals surface area contributed by atoms with Gasteiger partial charge in [-0.25, -0.2) is 0 Å². The van der Waals surface area contributed by atoms with Gasteiger partial charge in [0, 0.05) is 23.2 Å². The van der Waals surface area contributed by atoms with Crippen molar-refractivity contribution >= 4 is 53.1 Å². The predicted molar refractivity (Wildman–Crippen MR) is 97.5 cm³/mol. The Kier molecular flexibility index (Phi) is 3.29. The van der Waals surface area contributed by atoms with E-state index in [1.165, 1.54) is 9.40 Å². The molecule has 0 radical (unpaired) electrons. The van der Waals surface area contributed by atoms with E-state index in [4.69, 9.17) is 0 Å². The molecule has 3 heterocycles. The molecule has 4 rings (SSSR count). The Morgan fingerprint density at radius 3 is 2.77 bits per heavy atom. The summed E-state index contributed by atoms with van der Waals surface area (Å²) >= 11 is 3.46. The van der Waals surface area contributed by atoms with E-state index in [0.29, 0.717) is 0 Å². The number of pyridine rings is 1. The summed E-state index contributed by atoms with van der Waals surface area (Å²) in [5, 5.41) is 4.05. The minimum atomic E-state index is 0.139. The van der Waals surface area contributed by atoms with Crippen LogP contribution in [0.1, 0.15) is 0 Å². The molecule has 0 saturated heterocycles. The lowest BCUT2D eigenvalue weighted by atomic mass is 10.2. The molecule has 0 aliphatic rings. The van der Waals surface area contributed by atoms with Crippen LogP contribution in [0.3, 0.4) is 0 Å². The third-order valence-electron chi connectivity index (χ3n) is 3.97. The molecule has 1 aromatic carbocycles. The molecule has 112 valence electrons. The molecule has 22 heavy (non-hydrogen) atoms. The number of nitrogens with zero attached hydrogens (tertiary/aromatic N) is 2. The summed E-state index contributed by atoms with van der Waals surface area (Å²) in [5.74, 6) is 0. The van der Waals surface area contributed by atoms with E-state index in [1.807, 2.05) is 30.8 Å². The first-order chi connectivity index (χ1) is 10.7. The maximum atomic E-state index is 13.1. The summed E-state index contributed by atoms with van der Waals surface area (Å²) in [6, 6.07) is 10.3. The SMILES string of the molecule is CN(C)CCn1c(=O)c2c3ccccc3sc2c2sccc21. The summed E-state index contributed by atoms with van der Waals surface area (Å²) in [6.07, 6.45) is 0. The van der Waals surface area contributed by atoms with Crippen LogP contribution in [0.25, 0.3) is 30.4 Å². The maximum absolute atomic E-state index is 13.1. The highest BCUT2D eigenvalue weighted by Crippen LogP contribution is 2.38. The van der Waals surface area contributed by atoms with Crippen LogP contribution in [-0.2, 0) is 6.54 Å². The van der Waals surface area contributed by atoms with Gasteiger partial charge in [0.15, 0.2) is 0 Å². The normalized spacial score (nSPS) is 12.1. The molecular formula is C17H16N2OS2. The molecule has 4 aromatic rings. The Hall–Kier alpha value is -1.69. The van der Waals surface area contributed by atoms with Gasteiger partial charge in [-0.3, -0.25) is 4.79 Å². The number of hydrogen-bond acceptors (Lipinski definition) is 4. The van der Waals surface area contributed by atoms with Crippen molar-refractivity contribution in [3.8, 4) is 0 Å². The van der Waals surface area contributed by atoms with Gasteiger partial charge < -0.3 is 9.47 Å². The summed E-state index contributed by atoms with van der Waals surface area (Å²) in [6.45, 7) is 1.58. The molecule has 0 saturated carbocycles. The molecule has 0 bridgehead atoms. The highest BCUT2D eigenvalue weighted by Gasteiger charge is 2.16. The van der Waals surface area contributed by atoms with Gasteiger partial charge in [-0.05, 0) is 31.6 Å². The van der Waals surface area contributed by atoms with E-state index in [-0.39, 0.29) is 5.56 Å². The summed E-state index contributed by atoms with van der Waals surface area (Å²) in [5.41, 5.74) is 1.20. The molecule has 0 unspecified atom stereocenters. The third-order valence-corrected chi connectivity index (χ3v) is 6.21. The van der Waals surface area contributed by atoms with E-state index < -0.39 is 0 Å². The molecule has 0 aliphatic heterocycles. The van der Waals surface area contributed by atoms with Crippen LogP contribution in [0.4, 0.5) is 0 Å². The Morgan fingerprint density at radius 2 is 1.95 bits per heavy atom. The molecule has 0 spiro atoms. The molecule has 0 atom stereocenters. The third kappa shape index (κ3) is 2.00. The Bertz CT molecular complexity index is 1040. The van der Waals surface area contributed by atoms with Crippen molar-refractivity contribution in [2.24, 2.45) is 0 Å². The molecule has 0 amide bonds. The predicted octanol–water partition coefficient (Wildman–Crippen LogP) is 3.99. The molecule has 0 fully saturated rings. The zero-order valence-corrected chi connectivity index (χ0v) is 14.1. The van der Waals surface area contributed by atoms with Crippen molar-refractivity contribution in [1.29, 1.82) is 0 Å². The second-order valence-corrected chi connectivity index (χ2v) is 7.67. The minimum absolute atomic E-state index is 0.139. The quantitative estimate of drug-likeness (QED) is 0.568. The van der Waals surface area contributed by atoms with Crippen molar-refractivity contribution < 1.29 is 0 Å². The number of likely N-dealkylation sites (N-methyl/N-ethyl adjacent to an activating group) is 1. The summed E-state index contributed by atoms with van der Waals surface area (Å²) in [4.78, 5) is 15.2. The van der Waals surface area contributed by atoms with Crippen LogP contribution in [0.2, 0.25) is 0 Å². The number of benzene rings is 1. The van der Waals surface area contributed by atoms with Crippen LogP contribution < -0.4 is 5.56 Å². The topological polar surface area (TPSA) is 25.2 Å². The lowest BCUT2D eigenvalue weighted by molar-refractivity contribution is 0.385. The second kappa shape index (κ2) is 5.19. The fourth-order valence-electron chi connectivity index (χ4n) is 2.87. The van der Waals surface area contributed by atoms with Crippen molar-refractivity contribution in [1.82, 2.24) is 9.47 Å². The van der Waals surface area contributed by atoms with Gasteiger partial charge in [0.05, 0.1) is 20.3 Å². The van der Waals surface area contributed by atoms with Crippen LogP contribution >= 0.6 is 22.7 Å². The molecule has 3 nitrogen and oxygen atoms in total. The van der Waals surface area contributed by atoms with Crippen molar-refractivity contribution in [3.05, 3.63) is 46.1 Å². The first-order valence-corrected chi connectivity index (χ1v) is 8.92. The smallest absolute Gasteiger partial charge is 0.260 e. The minimum Gasteiger partial charge on any atom is -0.308 e. The summed E-state index contributed by atoms with van der Waals surface area (Å²) in [7, 11) is 4.07. The number of fused-ring (bicyclic) bond motifs is 5. The van der Waals surface area contributed by atoms with Gasteiger partial charge in [-0.15, -0.1) is 22.7 Å². The van der Waals surface area contributed by atoms with Gasteiger partial charge in [0.1, 0.15) is 0 Å². The van der Waals surface area contributed by atoms with Crippen LogP contribution in [0.15, 0.2) is 40.5 Å². The maximum Gasteiger partial charge on any atom is 0.260 e. The van der Waals surface area contributed by atoms with E-state index in [9.17, 15) is 4.79 Å². The summed E-state index contributed by atoms with van der Waals surface area (Å²) < 4.78 is 5.49. The van der Waals surface area contributed by atoms with Crippen molar-refractivity contribution in [2.45, 2.75) is 6.54 Å². The lowest BCUT2D eigenvalue weighted by Crippen LogP contribution is -2.26. The molecule has 5 heteroatoms. The van der Waals surface area contributed by atoms with Gasteiger partial charge >= 0.3 is 0 Å². The first-order valence-electron chi connectivity index (χ1n) is 7.23. The Labute approximate surface area is 136 Å². The second-order valence-electron chi connectivity index (χ2n) is 5.70. The van der Waals surface area contributed by atoms with Gasteiger partial charge in [0.2, 0.25) is 0 Å². The fraction of sp³-hybridized carbons (Fsp3) is 0.235. The highest BCUT2D eigenvalue weighted by atomic mass is 32.1. The van der Waals surface area contributed by atoms with Gasteiger partial charge in [-0.2, -0.15) is 0 Å². The van der Waals surface area contributed by atoms with Crippen LogP contribution in [0.5, 0.6) is 0 Å². The first kappa shape index (κ1) is 13.9. The zero-order valence-electron chi connectivity index (χ0n) is 12.5. The average molecular weight is 328 g/mol. The van der Waals surface area contributed by atoms with E-state index in [2.05, 4.69) is 28.5 Å². The molecule has 3 aromatic heterocycles. The fourth-order valence-corrected chi connectivity index (χ4v) is 5.12. The standard InChI is InChI=1S/C17H16N2OS2/c1-18(2)8-9-19-12-7-10-21-15(12)16-14(17(19)20)11-5-3-4-6-13(11)22-16/h3-7,10H,8-9H2,1-2H3. The highest BCUT2D eigenvalue weighted by molar-refractivity contribution is 7.30. The number of rotatable bonds is 3. The zero-order chi connectivity index (χ0) is 15.3. The molecule has 0 aliphatic carbocycles. The van der Waals surface area contributed by atoms with E-state index >= 15 is 0 Å². The Morgan fingerprint density at radius 1 is 1.14 bits per heavy atom. The number of thiophene rings is 2. The molecule has 0 N–H and O–H groups in total. The van der Waals surface area contributed by atoms with E-state index in [1.54, 1.807) is 22.7 Å².